The number of benzene rings is 2. The summed E-state index contributed by atoms with van der Waals surface area (Å²) in [6.45, 7) is 6.39. The lowest BCUT2D eigenvalue weighted by atomic mass is 9.97. The molecule has 0 spiro atoms. The first-order chi connectivity index (χ1) is 18.5. The van der Waals surface area contributed by atoms with Gasteiger partial charge in [-0.3, -0.25) is 9.59 Å². The van der Waals surface area contributed by atoms with Gasteiger partial charge in [-0.05, 0) is 54.9 Å². The van der Waals surface area contributed by atoms with Crippen LogP contribution in [0.5, 0.6) is 0 Å². The Balaban J connectivity index is 1.46. The lowest BCUT2D eigenvalue weighted by molar-refractivity contribution is -0.143. The van der Waals surface area contributed by atoms with Gasteiger partial charge >= 0.3 is 0 Å². The van der Waals surface area contributed by atoms with Crippen LogP contribution in [0.3, 0.4) is 0 Å². The maximum Gasteiger partial charge on any atom is 0.247 e. The van der Waals surface area contributed by atoms with Crippen LogP contribution < -0.4 is 5.32 Å². The summed E-state index contributed by atoms with van der Waals surface area (Å²) < 4.78 is 13.2. The highest BCUT2D eigenvalue weighted by molar-refractivity contribution is 5.89. The minimum atomic E-state index is -0.802. The SMILES string of the molecule is CC(C)c1ccc([C@@H](C(=O)NC[C@@H]2CCCO2)N(C[C@@H]2CCCO2)C(=O)Cn2nnc3ccccc32)cc1. The summed E-state index contributed by atoms with van der Waals surface area (Å²) in [6.07, 6.45) is 3.61. The monoisotopic (exact) mass is 519 g/mol. The van der Waals surface area contributed by atoms with Crippen LogP contribution in [0.1, 0.15) is 62.6 Å². The summed E-state index contributed by atoms with van der Waals surface area (Å²) >= 11 is 0. The van der Waals surface area contributed by atoms with Crippen molar-refractivity contribution in [3.05, 3.63) is 59.7 Å². The van der Waals surface area contributed by atoms with E-state index in [0.29, 0.717) is 25.6 Å². The standard InChI is InChI=1S/C29H37N5O4/c1-20(2)21-11-13-22(14-12-21)28(29(36)30-17-23-7-5-15-37-23)33(18-24-8-6-16-38-24)27(35)19-34-26-10-4-3-9-25(26)31-32-34/h3-4,9-14,20,23-24,28H,5-8,15-19H2,1-2H3,(H,30,36)/t23-,24-,28-/m0/s1. The molecule has 1 aromatic heterocycles. The molecule has 0 radical (unpaired) electrons. The quantitative estimate of drug-likeness (QED) is 0.440. The molecule has 3 atom stereocenters. The third kappa shape index (κ3) is 6.05. The number of amides is 2. The predicted molar refractivity (Wildman–Crippen MR) is 143 cm³/mol. The fraction of sp³-hybridized carbons (Fsp3) is 0.517. The second-order valence-electron chi connectivity index (χ2n) is 10.5. The fourth-order valence-corrected chi connectivity index (χ4v) is 5.26. The van der Waals surface area contributed by atoms with Gasteiger partial charge in [-0.15, -0.1) is 5.10 Å². The van der Waals surface area contributed by atoms with E-state index in [1.807, 2.05) is 48.5 Å². The lowest BCUT2D eigenvalue weighted by Crippen LogP contribution is -2.48. The van der Waals surface area contributed by atoms with Crippen LogP contribution in [0.15, 0.2) is 48.5 Å². The van der Waals surface area contributed by atoms with Crippen molar-refractivity contribution >= 4 is 22.8 Å². The molecule has 9 heteroatoms. The molecule has 0 unspecified atom stereocenters. The number of hydrogen-bond acceptors (Lipinski definition) is 6. The number of aromatic nitrogens is 3. The molecule has 0 bridgehead atoms. The molecule has 0 saturated carbocycles. The van der Waals surface area contributed by atoms with Crippen LogP contribution in [0, 0.1) is 0 Å². The maximum atomic E-state index is 14.0. The summed E-state index contributed by atoms with van der Waals surface area (Å²) in [5.74, 6) is -0.0602. The van der Waals surface area contributed by atoms with Crippen molar-refractivity contribution < 1.29 is 19.1 Å². The van der Waals surface area contributed by atoms with E-state index in [-0.39, 0.29) is 30.6 Å². The average molecular weight is 520 g/mol. The first-order valence-electron chi connectivity index (χ1n) is 13.7. The van der Waals surface area contributed by atoms with Crippen molar-refractivity contribution in [3.63, 3.8) is 0 Å². The van der Waals surface area contributed by atoms with Gasteiger partial charge in [-0.25, -0.2) is 4.68 Å². The topological polar surface area (TPSA) is 98.6 Å². The molecule has 1 N–H and O–H groups in total. The Morgan fingerprint density at radius 1 is 1.00 bits per heavy atom. The zero-order valence-electron chi connectivity index (χ0n) is 22.2. The molecule has 9 nitrogen and oxygen atoms in total. The number of nitrogens with zero attached hydrogens (tertiary/aromatic N) is 4. The van der Waals surface area contributed by atoms with Gasteiger partial charge in [0.2, 0.25) is 11.8 Å². The molecule has 202 valence electrons. The molecule has 3 aromatic rings. The second-order valence-corrected chi connectivity index (χ2v) is 10.5. The second kappa shape index (κ2) is 12.0. The van der Waals surface area contributed by atoms with E-state index in [1.165, 1.54) is 5.56 Å². The van der Waals surface area contributed by atoms with E-state index < -0.39 is 6.04 Å². The molecular formula is C29H37N5O4. The first kappa shape index (κ1) is 26.3. The summed E-state index contributed by atoms with van der Waals surface area (Å²) in [7, 11) is 0. The third-order valence-electron chi connectivity index (χ3n) is 7.46. The van der Waals surface area contributed by atoms with Gasteiger partial charge in [0.05, 0.1) is 17.7 Å². The van der Waals surface area contributed by atoms with Crippen LogP contribution in [-0.2, 0) is 25.6 Å². The van der Waals surface area contributed by atoms with E-state index in [2.05, 4.69) is 29.5 Å². The average Bonchev–Trinajstić information content (AvgIpc) is 3.71. The van der Waals surface area contributed by atoms with E-state index in [1.54, 1.807) is 9.58 Å². The Hall–Kier alpha value is -3.30. The number of carbonyl (C=O) groups is 2. The highest BCUT2D eigenvalue weighted by atomic mass is 16.5. The van der Waals surface area contributed by atoms with Gasteiger partial charge < -0.3 is 19.7 Å². The molecule has 2 saturated heterocycles. The van der Waals surface area contributed by atoms with Crippen molar-refractivity contribution in [1.82, 2.24) is 25.2 Å². The van der Waals surface area contributed by atoms with E-state index in [4.69, 9.17) is 9.47 Å². The summed E-state index contributed by atoms with van der Waals surface area (Å²) in [4.78, 5) is 29.5. The number of rotatable bonds is 10. The van der Waals surface area contributed by atoms with Gasteiger partial charge in [-0.2, -0.15) is 0 Å². The van der Waals surface area contributed by atoms with Crippen LogP contribution in [0.25, 0.3) is 11.0 Å². The van der Waals surface area contributed by atoms with Crippen molar-refractivity contribution in [2.45, 2.75) is 70.2 Å². The molecule has 2 aliphatic heterocycles. The summed E-state index contributed by atoms with van der Waals surface area (Å²) in [5, 5.41) is 11.5. The minimum absolute atomic E-state index is 0.00625. The molecular weight excluding hydrogens is 482 g/mol. The summed E-state index contributed by atoms with van der Waals surface area (Å²) in [5.41, 5.74) is 3.45. The van der Waals surface area contributed by atoms with Crippen molar-refractivity contribution in [1.29, 1.82) is 0 Å². The van der Waals surface area contributed by atoms with E-state index in [0.717, 1.165) is 48.9 Å². The Labute approximate surface area is 223 Å². The lowest BCUT2D eigenvalue weighted by Gasteiger charge is -2.33. The number of fused-ring (bicyclic) bond motifs is 1. The zero-order chi connectivity index (χ0) is 26.5. The van der Waals surface area contributed by atoms with Gasteiger partial charge in [0.1, 0.15) is 18.1 Å². The maximum absolute atomic E-state index is 14.0. The Bertz CT molecular complexity index is 1230. The normalized spacial score (nSPS) is 20.2. The number of ether oxygens (including phenoxy) is 2. The zero-order valence-corrected chi connectivity index (χ0v) is 22.2. The third-order valence-corrected chi connectivity index (χ3v) is 7.46. The molecule has 2 aromatic carbocycles. The number of carbonyl (C=O) groups excluding carboxylic acids is 2. The Morgan fingerprint density at radius 3 is 2.37 bits per heavy atom. The van der Waals surface area contributed by atoms with Gasteiger partial charge in [0.15, 0.2) is 0 Å². The molecule has 2 aliphatic rings. The number of nitrogens with one attached hydrogen (secondary N) is 1. The molecule has 2 fully saturated rings. The predicted octanol–water partition coefficient (Wildman–Crippen LogP) is 3.60. The van der Waals surface area contributed by atoms with Crippen molar-refractivity contribution in [2.24, 2.45) is 0 Å². The Kier molecular flexibility index (Phi) is 8.34. The van der Waals surface area contributed by atoms with Crippen LogP contribution >= 0.6 is 0 Å². The highest BCUT2D eigenvalue weighted by Gasteiger charge is 2.35. The van der Waals surface area contributed by atoms with Crippen LogP contribution in [-0.4, -0.2) is 70.2 Å². The van der Waals surface area contributed by atoms with Gasteiger partial charge in [0, 0.05) is 26.3 Å². The van der Waals surface area contributed by atoms with E-state index >= 15 is 0 Å². The van der Waals surface area contributed by atoms with E-state index in [9.17, 15) is 9.59 Å². The molecule has 0 aliphatic carbocycles. The molecule has 5 rings (SSSR count). The molecule has 38 heavy (non-hydrogen) atoms. The van der Waals surface area contributed by atoms with Crippen molar-refractivity contribution in [2.75, 3.05) is 26.3 Å². The smallest absolute Gasteiger partial charge is 0.247 e. The first-order valence-corrected chi connectivity index (χ1v) is 13.7. The number of hydrogen-bond donors (Lipinski definition) is 1. The Morgan fingerprint density at radius 2 is 1.68 bits per heavy atom. The van der Waals surface area contributed by atoms with Gasteiger partial charge in [0.25, 0.3) is 0 Å². The van der Waals surface area contributed by atoms with Crippen molar-refractivity contribution in [3.8, 4) is 0 Å². The highest BCUT2D eigenvalue weighted by Crippen LogP contribution is 2.27. The number of para-hydroxylation sites is 1. The van der Waals surface area contributed by atoms with Crippen LogP contribution in [0.4, 0.5) is 0 Å². The largest absolute Gasteiger partial charge is 0.376 e. The van der Waals surface area contributed by atoms with Crippen LogP contribution in [0.2, 0.25) is 0 Å². The fourth-order valence-electron chi connectivity index (χ4n) is 5.26. The summed E-state index contributed by atoms with van der Waals surface area (Å²) in [6, 6.07) is 14.8. The minimum Gasteiger partial charge on any atom is -0.376 e. The van der Waals surface area contributed by atoms with Gasteiger partial charge in [-0.1, -0.05) is 55.5 Å². The molecule has 3 heterocycles. The molecule has 2 amide bonds.